The van der Waals surface area contributed by atoms with Crippen LogP contribution in [0.2, 0.25) is 0 Å². The third kappa shape index (κ3) is 4.01. The van der Waals surface area contributed by atoms with Crippen LogP contribution in [0, 0.1) is 11.8 Å². The molecule has 0 aromatic heterocycles. The van der Waals surface area contributed by atoms with Crippen LogP contribution < -0.4 is 11.1 Å². The van der Waals surface area contributed by atoms with E-state index in [9.17, 15) is 18.0 Å². The van der Waals surface area contributed by atoms with Crippen molar-refractivity contribution in [2.24, 2.45) is 0 Å². The lowest BCUT2D eigenvalue weighted by Crippen LogP contribution is -2.19. The molecule has 96 valence electrons. The van der Waals surface area contributed by atoms with E-state index < -0.39 is 11.7 Å². The SMILES string of the molecule is CC(=O)NCC#Cc1cc(N)ccc1C(F)(F)F. The van der Waals surface area contributed by atoms with E-state index in [0.717, 1.165) is 12.1 Å². The molecule has 1 amide bonds. The van der Waals surface area contributed by atoms with Gasteiger partial charge in [0.25, 0.3) is 0 Å². The van der Waals surface area contributed by atoms with E-state index in [1.54, 1.807) is 0 Å². The number of alkyl halides is 3. The van der Waals surface area contributed by atoms with Crippen LogP contribution in [0.3, 0.4) is 0 Å². The van der Waals surface area contributed by atoms with Gasteiger partial charge >= 0.3 is 6.18 Å². The van der Waals surface area contributed by atoms with Gasteiger partial charge in [-0.3, -0.25) is 4.79 Å². The van der Waals surface area contributed by atoms with Gasteiger partial charge in [-0.25, -0.2) is 0 Å². The molecule has 0 bridgehead atoms. The van der Waals surface area contributed by atoms with E-state index in [0.29, 0.717) is 0 Å². The summed E-state index contributed by atoms with van der Waals surface area (Å²) in [4.78, 5) is 10.6. The lowest BCUT2D eigenvalue weighted by molar-refractivity contribution is -0.137. The summed E-state index contributed by atoms with van der Waals surface area (Å²) in [6, 6.07) is 3.21. The molecule has 0 saturated heterocycles. The Bertz CT molecular complexity index is 512. The van der Waals surface area contributed by atoms with Crippen LogP contribution in [0.1, 0.15) is 18.1 Å². The van der Waals surface area contributed by atoms with Crippen LogP contribution in [0.25, 0.3) is 0 Å². The summed E-state index contributed by atoms with van der Waals surface area (Å²) in [5.74, 6) is 4.49. The van der Waals surface area contributed by atoms with Crippen molar-refractivity contribution in [2.75, 3.05) is 12.3 Å². The third-order valence-electron chi connectivity index (χ3n) is 2.00. The van der Waals surface area contributed by atoms with Gasteiger partial charge in [0.15, 0.2) is 0 Å². The summed E-state index contributed by atoms with van der Waals surface area (Å²) in [5, 5.41) is 2.36. The number of carbonyl (C=O) groups is 1. The molecule has 0 aliphatic carbocycles. The third-order valence-corrected chi connectivity index (χ3v) is 2.00. The topological polar surface area (TPSA) is 55.1 Å². The van der Waals surface area contributed by atoms with Gasteiger partial charge < -0.3 is 11.1 Å². The summed E-state index contributed by atoms with van der Waals surface area (Å²) in [6.45, 7) is 1.28. The van der Waals surface area contributed by atoms with E-state index in [-0.39, 0.29) is 23.7 Å². The number of rotatable bonds is 1. The van der Waals surface area contributed by atoms with Crippen molar-refractivity contribution >= 4 is 11.6 Å². The van der Waals surface area contributed by atoms with E-state index in [4.69, 9.17) is 5.73 Å². The maximum absolute atomic E-state index is 12.6. The first-order valence-corrected chi connectivity index (χ1v) is 5.00. The molecule has 0 aliphatic heterocycles. The molecule has 1 rings (SSSR count). The minimum Gasteiger partial charge on any atom is -0.399 e. The molecule has 6 heteroatoms. The highest BCUT2D eigenvalue weighted by atomic mass is 19.4. The Kier molecular flexibility index (Phi) is 4.21. The monoisotopic (exact) mass is 256 g/mol. The van der Waals surface area contributed by atoms with Gasteiger partial charge in [0.2, 0.25) is 5.91 Å². The molecular weight excluding hydrogens is 245 g/mol. The molecule has 18 heavy (non-hydrogen) atoms. The van der Waals surface area contributed by atoms with Crippen LogP contribution in [0.5, 0.6) is 0 Å². The lowest BCUT2D eigenvalue weighted by Gasteiger charge is -2.09. The van der Waals surface area contributed by atoms with Crippen LogP contribution in [-0.2, 0) is 11.0 Å². The number of nitrogens with two attached hydrogens (primary N) is 1. The van der Waals surface area contributed by atoms with Gasteiger partial charge in [0.05, 0.1) is 12.1 Å². The van der Waals surface area contributed by atoms with Gasteiger partial charge in [-0.2, -0.15) is 13.2 Å². The minimum absolute atomic E-state index is 0.0125. The number of nitrogen functional groups attached to an aromatic ring is 1. The molecule has 1 aromatic rings. The number of hydrogen-bond donors (Lipinski definition) is 2. The maximum atomic E-state index is 12.6. The molecule has 0 heterocycles. The number of nitrogens with one attached hydrogen (secondary N) is 1. The fourth-order valence-corrected chi connectivity index (χ4v) is 1.22. The molecule has 0 fully saturated rings. The maximum Gasteiger partial charge on any atom is 0.417 e. The van der Waals surface area contributed by atoms with Crippen molar-refractivity contribution in [1.82, 2.24) is 5.32 Å². The largest absolute Gasteiger partial charge is 0.417 e. The summed E-state index contributed by atoms with van der Waals surface area (Å²) in [6.07, 6.45) is -4.48. The average molecular weight is 256 g/mol. The molecule has 0 spiro atoms. The number of benzene rings is 1. The van der Waals surface area contributed by atoms with Crippen molar-refractivity contribution in [3.8, 4) is 11.8 Å². The quantitative estimate of drug-likeness (QED) is 0.594. The highest BCUT2D eigenvalue weighted by Gasteiger charge is 2.32. The van der Waals surface area contributed by atoms with E-state index in [1.165, 1.54) is 13.0 Å². The molecule has 0 aliphatic rings. The van der Waals surface area contributed by atoms with E-state index >= 15 is 0 Å². The number of carbonyl (C=O) groups excluding carboxylic acids is 1. The Hall–Kier alpha value is -2.16. The Morgan fingerprint density at radius 1 is 1.44 bits per heavy atom. The van der Waals surface area contributed by atoms with Gasteiger partial charge in [-0.1, -0.05) is 11.8 Å². The second-order valence-corrected chi connectivity index (χ2v) is 3.51. The van der Waals surface area contributed by atoms with Crippen molar-refractivity contribution < 1.29 is 18.0 Å². The molecule has 0 unspecified atom stereocenters. The first-order chi connectivity index (χ1) is 8.30. The van der Waals surface area contributed by atoms with E-state index in [1.807, 2.05) is 0 Å². The van der Waals surface area contributed by atoms with Gasteiger partial charge in [0, 0.05) is 18.2 Å². The number of halogens is 3. The van der Waals surface area contributed by atoms with Crippen LogP contribution in [0.4, 0.5) is 18.9 Å². The highest BCUT2D eigenvalue weighted by Crippen LogP contribution is 2.32. The fraction of sp³-hybridized carbons (Fsp3) is 0.250. The van der Waals surface area contributed by atoms with Crippen molar-refractivity contribution in [1.29, 1.82) is 0 Å². The Balaban J connectivity index is 2.99. The number of hydrogen-bond acceptors (Lipinski definition) is 2. The van der Waals surface area contributed by atoms with Crippen molar-refractivity contribution in [3.63, 3.8) is 0 Å². The fourth-order valence-electron chi connectivity index (χ4n) is 1.22. The van der Waals surface area contributed by atoms with Gasteiger partial charge in [-0.15, -0.1) is 0 Å². The molecule has 0 atom stereocenters. The number of anilines is 1. The zero-order valence-electron chi connectivity index (χ0n) is 9.56. The lowest BCUT2D eigenvalue weighted by atomic mass is 10.1. The predicted octanol–water partition coefficient (Wildman–Crippen LogP) is 1.78. The molecule has 3 N–H and O–H groups in total. The second-order valence-electron chi connectivity index (χ2n) is 3.51. The minimum atomic E-state index is -4.48. The van der Waals surface area contributed by atoms with Crippen LogP contribution >= 0.6 is 0 Å². The number of amides is 1. The smallest absolute Gasteiger partial charge is 0.399 e. The molecule has 3 nitrogen and oxygen atoms in total. The molecular formula is C12H11F3N2O. The zero-order chi connectivity index (χ0) is 13.8. The highest BCUT2D eigenvalue weighted by molar-refractivity contribution is 5.73. The normalized spacial score (nSPS) is 10.4. The van der Waals surface area contributed by atoms with Gasteiger partial charge in [0.1, 0.15) is 0 Å². The summed E-state index contributed by atoms with van der Waals surface area (Å²) < 4.78 is 37.9. The summed E-state index contributed by atoms with van der Waals surface area (Å²) in [5.41, 5.74) is 4.58. The Morgan fingerprint density at radius 2 is 2.11 bits per heavy atom. The molecule has 0 radical (unpaired) electrons. The Labute approximate surface area is 102 Å². The predicted molar refractivity (Wildman–Crippen MR) is 61.4 cm³/mol. The standard InChI is InChI=1S/C12H11F3N2O/c1-8(18)17-6-2-3-9-7-10(16)4-5-11(9)12(13,14)15/h4-5,7H,6,16H2,1H3,(H,17,18). The molecule has 0 saturated carbocycles. The summed E-state index contributed by atoms with van der Waals surface area (Å²) in [7, 11) is 0. The Morgan fingerprint density at radius 3 is 2.67 bits per heavy atom. The van der Waals surface area contributed by atoms with E-state index in [2.05, 4.69) is 17.2 Å². The average Bonchev–Trinajstić information content (AvgIpc) is 2.22. The first-order valence-electron chi connectivity index (χ1n) is 5.00. The second kappa shape index (κ2) is 5.45. The van der Waals surface area contributed by atoms with Gasteiger partial charge in [-0.05, 0) is 18.2 Å². The molecule has 1 aromatic carbocycles. The zero-order valence-corrected chi connectivity index (χ0v) is 9.56. The van der Waals surface area contributed by atoms with Crippen LogP contribution in [0.15, 0.2) is 18.2 Å². The van der Waals surface area contributed by atoms with Crippen LogP contribution in [-0.4, -0.2) is 12.5 Å². The van der Waals surface area contributed by atoms with Crippen molar-refractivity contribution in [3.05, 3.63) is 29.3 Å². The first kappa shape index (κ1) is 13.9. The summed E-state index contributed by atoms with van der Waals surface area (Å²) >= 11 is 0. The van der Waals surface area contributed by atoms with Crippen molar-refractivity contribution in [2.45, 2.75) is 13.1 Å².